The zero-order valence-corrected chi connectivity index (χ0v) is 12.0. The van der Waals surface area contributed by atoms with Gasteiger partial charge in [0.05, 0.1) is 9.79 Å². The van der Waals surface area contributed by atoms with E-state index in [-0.39, 0.29) is 23.8 Å². The molecule has 21 heavy (non-hydrogen) atoms. The molecule has 5 nitrogen and oxygen atoms in total. The molecule has 3 N–H and O–H groups in total. The van der Waals surface area contributed by atoms with Crippen molar-refractivity contribution in [1.29, 1.82) is 0 Å². The Hall–Kier alpha value is -2.18. The average molecular weight is 302 g/mol. The largest absolute Gasteiger partial charge is 0.330 e. The van der Waals surface area contributed by atoms with Crippen molar-refractivity contribution in [2.45, 2.75) is 16.2 Å². The molecule has 0 fully saturated rings. The quantitative estimate of drug-likeness (QED) is 0.772. The Morgan fingerprint density at radius 3 is 2.52 bits per heavy atom. The van der Waals surface area contributed by atoms with E-state index in [0.717, 1.165) is 0 Å². The standard InChI is InChI=1S/C15H14N2O3S/c16-8-7-15(18)17-10-5-6-14-12(9-10)11-3-1-2-4-13(11)21(14,19)20/h1-6,9H,7-8,16H2,(H,17,18). The number of hydrogen-bond donors (Lipinski definition) is 2. The minimum absolute atomic E-state index is 0.188. The third-order valence-corrected chi connectivity index (χ3v) is 5.26. The van der Waals surface area contributed by atoms with Gasteiger partial charge in [-0.1, -0.05) is 18.2 Å². The molecule has 0 radical (unpaired) electrons. The zero-order chi connectivity index (χ0) is 15.0. The van der Waals surface area contributed by atoms with E-state index >= 15 is 0 Å². The summed E-state index contributed by atoms with van der Waals surface area (Å²) in [4.78, 5) is 12.2. The van der Waals surface area contributed by atoms with Gasteiger partial charge in [-0.2, -0.15) is 0 Å². The van der Waals surface area contributed by atoms with Crippen LogP contribution < -0.4 is 11.1 Å². The summed E-state index contributed by atoms with van der Waals surface area (Å²) in [6.45, 7) is 0.272. The number of fused-ring (bicyclic) bond motifs is 3. The molecule has 108 valence electrons. The first-order valence-electron chi connectivity index (χ1n) is 6.52. The number of rotatable bonds is 3. The van der Waals surface area contributed by atoms with Crippen molar-refractivity contribution < 1.29 is 13.2 Å². The summed E-state index contributed by atoms with van der Waals surface area (Å²) in [5.74, 6) is -0.188. The first-order chi connectivity index (χ1) is 10.0. The van der Waals surface area contributed by atoms with E-state index < -0.39 is 9.84 Å². The van der Waals surface area contributed by atoms with E-state index in [1.165, 1.54) is 6.07 Å². The summed E-state index contributed by atoms with van der Waals surface area (Å²) in [5.41, 5.74) is 7.19. The fourth-order valence-corrected chi connectivity index (χ4v) is 4.12. The Morgan fingerprint density at radius 1 is 1.05 bits per heavy atom. The van der Waals surface area contributed by atoms with E-state index in [1.54, 1.807) is 36.4 Å². The Balaban J connectivity index is 2.08. The number of sulfone groups is 1. The van der Waals surface area contributed by atoms with Gasteiger partial charge >= 0.3 is 0 Å². The second-order valence-corrected chi connectivity index (χ2v) is 6.68. The highest BCUT2D eigenvalue weighted by molar-refractivity contribution is 7.92. The third kappa shape index (κ3) is 2.22. The van der Waals surface area contributed by atoms with Gasteiger partial charge in [0, 0.05) is 29.8 Å². The summed E-state index contributed by atoms with van der Waals surface area (Å²) in [6, 6.07) is 11.7. The van der Waals surface area contributed by atoms with Crippen LogP contribution in [-0.2, 0) is 14.6 Å². The summed E-state index contributed by atoms with van der Waals surface area (Å²) >= 11 is 0. The maximum Gasteiger partial charge on any atom is 0.225 e. The smallest absolute Gasteiger partial charge is 0.225 e. The Bertz CT molecular complexity index is 829. The van der Waals surface area contributed by atoms with Crippen LogP contribution in [0.1, 0.15) is 6.42 Å². The second kappa shape index (κ2) is 4.98. The van der Waals surface area contributed by atoms with Crippen molar-refractivity contribution >= 4 is 21.4 Å². The molecule has 1 amide bonds. The topological polar surface area (TPSA) is 89.3 Å². The van der Waals surface area contributed by atoms with Crippen molar-refractivity contribution in [3.63, 3.8) is 0 Å². The van der Waals surface area contributed by atoms with Gasteiger partial charge in [-0.15, -0.1) is 0 Å². The number of amides is 1. The molecule has 0 aromatic heterocycles. The highest BCUT2D eigenvalue weighted by atomic mass is 32.2. The maximum atomic E-state index is 12.4. The molecule has 2 aromatic rings. The van der Waals surface area contributed by atoms with Crippen LogP contribution in [0.2, 0.25) is 0 Å². The SMILES string of the molecule is NCCC(=O)Nc1ccc2c(c1)-c1ccccc1S2(=O)=O. The molecule has 1 aliphatic rings. The van der Waals surface area contributed by atoms with Gasteiger partial charge in [-0.3, -0.25) is 4.79 Å². The van der Waals surface area contributed by atoms with Gasteiger partial charge in [-0.25, -0.2) is 8.42 Å². The monoisotopic (exact) mass is 302 g/mol. The normalized spacial score (nSPS) is 14.3. The van der Waals surface area contributed by atoms with E-state index in [2.05, 4.69) is 5.32 Å². The van der Waals surface area contributed by atoms with E-state index in [1.807, 2.05) is 0 Å². The van der Waals surface area contributed by atoms with Gasteiger partial charge in [0.25, 0.3) is 0 Å². The lowest BCUT2D eigenvalue weighted by molar-refractivity contribution is -0.116. The molecular formula is C15H14N2O3S. The number of carbonyl (C=O) groups is 1. The predicted molar refractivity (Wildman–Crippen MR) is 79.6 cm³/mol. The van der Waals surface area contributed by atoms with Crippen molar-refractivity contribution in [2.24, 2.45) is 5.73 Å². The van der Waals surface area contributed by atoms with Crippen LogP contribution in [0.5, 0.6) is 0 Å². The van der Waals surface area contributed by atoms with Gasteiger partial charge < -0.3 is 11.1 Å². The molecule has 1 aliphatic heterocycles. The number of hydrogen-bond acceptors (Lipinski definition) is 4. The maximum absolute atomic E-state index is 12.4. The first kappa shape index (κ1) is 13.8. The molecule has 3 rings (SSSR count). The molecule has 1 heterocycles. The number of anilines is 1. The Morgan fingerprint density at radius 2 is 1.76 bits per heavy atom. The van der Waals surface area contributed by atoms with Crippen LogP contribution in [0.3, 0.4) is 0 Å². The van der Waals surface area contributed by atoms with Crippen LogP contribution in [-0.4, -0.2) is 20.9 Å². The molecule has 0 aliphatic carbocycles. The highest BCUT2D eigenvalue weighted by Gasteiger charge is 2.32. The van der Waals surface area contributed by atoms with Crippen LogP contribution in [0.4, 0.5) is 5.69 Å². The fourth-order valence-electron chi connectivity index (χ4n) is 2.45. The van der Waals surface area contributed by atoms with Crippen LogP contribution in [0.25, 0.3) is 11.1 Å². The number of benzene rings is 2. The lowest BCUT2D eigenvalue weighted by atomic mass is 10.1. The van der Waals surface area contributed by atoms with E-state index in [9.17, 15) is 13.2 Å². The van der Waals surface area contributed by atoms with Crippen LogP contribution in [0.15, 0.2) is 52.3 Å². The lowest BCUT2D eigenvalue weighted by Crippen LogP contribution is -2.16. The summed E-state index contributed by atoms with van der Waals surface area (Å²) in [6.07, 6.45) is 0.228. The van der Waals surface area contributed by atoms with Gasteiger partial charge in [0.2, 0.25) is 15.7 Å². The van der Waals surface area contributed by atoms with E-state index in [4.69, 9.17) is 5.73 Å². The van der Waals surface area contributed by atoms with Crippen LogP contribution >= 0.6 is 0 Å². The first-order valence-corrected chi connectivity index (χ1v) is 8.01. The molecule has 0 unspecified atom stereocenters. The molecule has 0 bridgehead atoms. The predicted octanol–water partition coefficient (Wildman–Crippen LogP) is 1.79. The minimum Gasteiger partial charge on any atom is -0.330 e. The molecule has 2 aromatic carbocycles. The molecule has 6 heteroatoms. The molecular weight excluding hydrogens is 288 g/mol. The molecule has 0 spiro atoms. The lowest BCUT2D eigenvalue weighted by Gasteiger charge is -2.06. The molecule has 0 saturated heterocycles. The number of nitrogens with two attached hydrogens (primary N) is 1. The summed E-state index contributed by atoms with van der Waals surface area (Å²) < 4.78 is 24.8. The fraction of sp³-hybridized carbons (Fsp3) is 0.133. The van der Waals surface area contributed by atoms with E-state index in [0.29, 0.717) is 21.7 Å². The third-order valence-electron chi connectivity index (χ3n) is 3.39. The summed E-state index contributed by atoms with van der Waals surface area (Å²) in [5, 5.41) is 2.72. The number of carbonyl (C=O) groups excluding carboxylic acids is 1. The minimum atomic E-state index is -3.45. The Labute approximate surface area is 122 Å². The van der Waals surface area contributed by atoms with Crippen molar-refractivity contribution in [3.8, 4) is 11.1 Å². The zero-order valence-electron chi connectivity index (χ0n) is 11.2. The van der Waals surface area contributed by atoms with Crippen molar-refractivity contribution in [2.75, 3.05) is 11.9 Å². The highest BCUT2D eigenvalue weighted by Crippen LogP contribution is 2.43. The second-order valence-electron chi connectivity index (χ2n) is 4.80. The van der Waals surface area contributed by atoms with Crippen molar-refractivity contribution in [1.82, 2.24) is 0 Å². The molecule has 0 saturated carbocycles. The van der Waals surface area contributed by atoms with Crippen molar-refractivity contribution in [3.05, 3.63) is 42.5 Å². The van der Waals surface area contributed by atoms with Gasteiger partial charge in [0.1, 0.15) is 0 Å². The molecule has 0 atom stereocenters. The average Bonchev–Trinajstić information content (AvgIpc) is 2.68. The van der Waals surface area contributed by atoms with Crippen LogP contribution in [0, 0.1) is 0 Å². The summed E-state index contributed by atoms with van der Waals surface area (Å²) in [7, 11) is -3.45. The van der Waals surface area contributed by atoms with Gasteiger partial charge in [0.15, 0.2) is 0 Å². The number of nitrogens with one attached hydrogen (secondary N) is 1. The van der Waals surface area contributed by atoms with Gasteiger partial charge in [-0.05, 0) is 24.3 Å². The Kier molecular flexibility index (Phi) is 3.27.